The van der Waals surface area contributed by atoms with E-state index in [1.54, 1.807) is 7.11 Å². The standard InChI is InChI=1S/C20H19N3O/c1-24-19-12-17-5-3-2-4-16(17)11-18(19)14-21-13-15-6-8-23-9-7-22-20(23)10-15/h2-12,21H,13-14H2,1H3. The van der Waals surface area contributed by atoms with Gasteiger partial charge in [0.15, 0.2) is 0 Å². The molecular formula is C20H19N3O. The van der Waals surface area contributed by atoms with Crippen LogP contribution in [0.3, 0.4) is 0 Å². The van der Waals surface area contributed by atoms with Crippen LogP contribution in [0.2, 0.25) is 0 Å². The minimum Gasteiger partial charge on any atom is -0.496 e. The lowest BCUT2D eigenvalue weighted by atomic mass is 10.1. The van der Waals surface area contributed by atoms with Gasteiger partial charge in [0.25, 0.3) is 0 Å². The average Bonchev–Trinajstić information content (AvgIpc) is 3.09. The summed E-state index contributed by atoms with van der Waals surface area (Å²) in [6, 6.07) is 16.8. The molecule has 0 spiro atoms. The highest BCUT2D eigenvalue weighted by atomic mass is 16.5. The number of pyridine rings is 1. The van der Waals surface area contributed by atoms with Crippen LogP contribution < -0.4 is 10.1 Å². The Morgan fingerprint density at radius 1 is 1.00 bits per heavy atom. The molecule has 0 bridgehead atoms. The SMILES string of the molecule is COc1cc2ccccc2cc1CNCc1ccn2ccnc2c1. The van der Waals surface area contributed by atoms with E-state index in [2.05, 4.69) is 52.8 Å². The van der Waals surface area contributed by atoms with Gasteiger partial charge in [-0.1, -0.05) is 24.3 Å². The first-order valence-corrected chi connectivity index (χ1v) is 8.01. The summed E-state index contributed by atoms with van der Waals surface area (Å²) in [4.78, 5) is 4.32. The minimum absolute atomic E-state index is 0.758. The van der Waals surface area contributed by atoms with Crippen molar-refractivity contribution in [2.45, 2.75) is 13.1 Å². The molecule has 0 fully saturated rings. The van der Waals surface area contributed by atoms with Crippen LogP contribution in [-0.4, -0.2) is 16.5 Å². The number of nitrogens with zero attached hydrogens (tertiary/aromatic N) is 2. The number of methoxy groups -OCH3 is 1. The summed E-state index contributed by atoms with van der Waals surface area (Å²) >= 11 is 0. The van der Waals surface area contributed by atoms with Crippen molar-refractivity contribution >= 4 is 16.4 Å². The van der Waals surface area contributed by atoms with E-state index in [0.717, 1.165) is 30.0 Å². The Balaban J connectivity index is 1.51. The van der Waals surface area contributed by atoms with Crippen molar-refractivity contribution < 1.29 is 4.74 Å². The Hall–Kier alpha value is -2.85. The van der Waals surface area contributed by atoms with Gasteiger partial charge in [0.2, 0.25) is 0 Å². The first-order valence-electron chi connectivity index (χ1n) is 8.01. The second kappa shape index (κ2) is 6.34. The molecular weight excluding hydrogens is 298 g/mol. The van der Waals surface area contributed by atoms with Crippen molar-refractivity contribution in [3.63, 3.8) is 0 Å². The zero-order valence-corrected chi connectivity index (χ0v) is 13.6. The molecule has 0 aliphatic carbocycles. The third kappa shape index (κ3) is 2.84. The second-order valence-corrected chi connectivity index (χ2v) is 5.84. The third-order valence-corrected chi connectivity index (χ3v) is 4.26. The molecule has 4 heteroatoms. The molecule has 0 saturated heterocycles. The Morgan fingerprint density at radius 2 is 1.83 bits per heavy atom. The van der Waals surface area contributed by atoms with Gasteiger partial charge in [0.05, 0.1) is 7.11 Å². The zero-order chi connectivity index (χ0) is 16.4. The number of aromatic nitrogens is 2. The molecule has 2 heterocycles. The fourth-order valence-corrected chi connectivity index (χ4v) is 3.00. The van der Waals surface area contributed by atoms with Crippen LogP contribution >= 0.6 is 0 Å². The summed E-state index contributed by atoms with van der Waals surface area (Å²) in [7, 11) is 1.72. The maximum absolute atomic E-state index is 5.55. The summed E-state index contributed by atoms with van der Waals surface area (Å²) in [6.45, 7) is 1.55. The highest BCUT2D eigenvalue weighted by molar-refractivity contribution is 5.85. The molecule has 24 heavy (non-hydrogen) atoms. The lowest BCUT2D eigenvalue weighted by Crippen LogP contribution is -2.13. The lowest BCUT2D eigenvalue weighted by Gasteiger charge is -2.12. The smallest absolute Gasteiger partial charge is 0.136 e. The monoisotopic (exact) mass is 317 g/mol. The summed E-state index contributed by atoms with van der Waals surface area (Å²) in [5, 5.41) is 5.92. The number of hydrogen-bond acceptors (Lipinski definition) is 3. The van der Waals surface area contributed by atoms with Crippen LogP contribution in [0.1, 0.15) is 11.1 Å². The first-order chi connectivity index (χ1) is 11.8. The van der Waals surface area contributed by atoms with Crippen molar-refractivity contribution in [2.75, 3.05) is 7.11 Å². The number of hydrogen-bond donors (Lipinski definition) is 1. The van der Waals surface area contributed by atoms with Gasteiger partial charge in [-0.05, 0) is 40.6 Å². The molecule has 0 amide bonds. The Bertz CT molecular complexity index is 990. The molecule has 4 nitrogen and oxygen atoms in total. The van der Waals surface area contributed by atoms with Gasteiger partial charge >= 0.3 is 0 Å². The van der Waals surface area contributed by atoms with Gasteiger partial charge < -0.3 is 14.5 Å². The quantitative estimate of drug-likeness (QED) is 0.609. The van der Waals surface area contributed by atoms with Crippen molar-refractivity contribution in [1.82, 2.24) is 14.7 Å². The molecule has 120 valence electrons. The van der Waals surface area contributed by atoms with Gasteiger partial charge in [-0.2, -0.15) is 0 Å². The van der Waals surface area contributed by atoms with Crippen LogP contribution in [0.5, 0.6) is 5.75 Å². The zero-order valence-electron chi connectivity index (χ0n) is 13.6. The molecule has 4 aromatic rings. The Labute approximate surface area is 140 Å². The van der Waals surface area contributed by atoms with Gasteiger partial charge in [-0.3, -0.25) is 0 Å². The molecule has 1 N–H and O–H groups in total. The summed E-state index contributed by atoms with van der Waals surface area (Å²) < 4.78 is 7.56. The molecule has 2 aromatic heterocycles. The van der Waals surface area contributed by atoms with E-state index in [0.29, 0.717) is 0 Å². The van der Waals surface area contributed by atoms with Crippen LogP contribution in [0, 0.1) is 0 Å². The largest absolute Gasteiger partial charge is 0.496 e. The predicted octanol–water partition coefficient (Wildman–Crippen LogP) is 3.79. The molecule has 0 atom stereocenters. The van der Waals surface area contributed by atoms with Crippen molar-refractivity contribution in [1.29, 1.82) is 0 Å². The molecule has 0 saturated carbocycles. The number of nitrogens with one attached hydrogen (secondary N) is 1. The normalized spacial score (nSPS) is 11.2. The van der Waals surface area contributed by atoms with Crippen molar-refractivity contribution in [2.24, 2.45) is 0 Å². The van der Waals surface area contributed by atoms with Crippen molar-refractivity contribution in [3.8, 4) is 5.75 Å². The Kier molecular flexibility index (Phi) is 3.89. The van der Waals surface area contributed by atoms with Gasteiger partial charge in [-0.15, -0.1) is 0 Å². The van der Waals surface area contributed by atoms with E-state index in [1.807, 2.05) is 29.1 Å². The van der Waals surface area contributed by atoms with Gasteiger partial charge in [0, 0.05) is 37.2 Å². The fraction of sp³-hybridized carbons (Fsp3) is 0.150. The van der Waals surface area contributed by atoms with E-state index in [4.69, 9.17) is 4.74 Å². The summed E-state index contributed by atoms with van der Waals surface area (Å²) in [5.74, 6) is 0.921. The molecule has 2 aromatic carbocycles. The first kappa shape index (κ1) is 14.7. The van der Waals surface area contributed by atoms with E-state index in [9.17, 15) is 0 Å². The Morgan fingerprint density at radius 3 is 2.67 bits per heavy atom. The molecule has 0 radical (unpaired) electrons. The fourth-order valence-electron chi connectivity index (χ4n) is 3.00. The third-order valence-electron chi connectivity index (χ3n) is 4.26. The minimum atomic E-state index is 0.758. The topological polar surface area (TPSA) is 38.6 Å². The molecule has 0 unspecified atom stereocenters. The van der Waals surface area contributed by atoms with Crippen LogP contribution in [0.15, 0.2) is 67.1 Å². The number of fused-ring (bicyclic) bond motifs is 2. The van der Waals surface area contributed by atoms with E-state index >= 15 is 0 Å². The predicted molar refractivity (Wildman–Crippen MR) is 96.2 cm³/mol. The molecule has 4 rings (SSSR count). The maximum atomic E-state index is 5.55. The van der Waals surface area contributed by atoms with E-state index in [1.165, 1.54) is 16.3 Å². The second-order valence-electron chi connectivity index (χ2n) is 5.84. The average molecular weight is 317 g/mol. The van der Waals surface area contributed by atoms with Gasteiger partial charge in [-0.25, -0.2) is 4.98 Å². The number of imidazole rings is 1. The highest BCUT2D eigenvalue weighted by Crippen LogP contribution is 2.25. The molecule has 0 aliphatic rings. The molecule has 0 aliphatic heterocycles. The van der Waals surface area contributed by atoms with Gasteiger partial charge in [0.1, 0.15) is 11.4 Å². The number of benzene rings is 2. The maximum Gasteiger partial charge on any atom is 0.136 e. The van der Waals surface area contributed by atoms with E-state index in [-0.39, 0.29) is 0 Å². The summed E-state index contributed by atoms with van der Waals surface area (Å²) in [5.41, 5.74) is 3.35. The highest BCUT2D eigenvalue weighted by Gasteiger charge is 2.05. The number of ether oxygens (including phenoxy) is 1. The van der Waals surface area contributed by atoms with Crippen LogP contribution in [-0.2, 0) is 13.1 Å². The lowest BCUT2D eigenvalue weighted by molar-refractivity contribution is 0.408. The summed E-state index contributed by atoms with van der Waals surface area (Å²) in [6.07, 6.45) is 5.80. The van der Waals surface area contributed by atoms with Crippen molar-refractivity contribution in [3.05, 3.63) is 78.2 Å². The number of rotatable bonds is 5. The van der Waals surface area contributed by atoms with Crippen LogP contribution in [0.25, 0.3) is 16.4 Å². The van der Waals surface area contributed by atoms with E-state index < -0.39 is 0 Å². The van der Waals surface area contributed by atoms with Crippen LogP contribution in [0.4, 0.5) is 0 Å².